The first kappa shape index (κ1) is 21.4. The van der Waals surface area contributed by atoms with Crippen LogP contribution in [0, 0.1) is 12.7 Å². The second kappa shape index (κ2) is 9.32. The van der Waals surface area contributed by atoms with Crippen LogP contribution in [0.3, 0.4) is 0 Å². The highest BCUT2D eigenvalue weighted by Gasteiger charge is 2.24. The van der Waals surface area contributed by atoms with Gasteiger partial charge in [-0.1, -0.05) is 29.3 Å². The standard InChI is InChI=1S/C20H20ClFN2O4/c1-11-5-4-6-14(9-11)19(26)23-12(2)20(27)28-13(3)18(25)24-17-8-7-15(21)10-16(17)22/h4-10,12-13H,1-3H3,(H,23,26)(H,24,25)/t12-,13+/m0/s1. The molecule has 2 aromatic rings. The summed E-state index contributed by atoms with van der Waals surface area (Å²) in [4.78, 5) is 36.4. The Hall–Kier alpha value is -2.93. The molecule has 0 aliphatic carbocycles. The Labute approximate surface area is 167 Å². The van der Waals surface area contributed by atoms with Gasteiger partial charge in [0.05, 0.1) is 5.69 Å². The van der Waals surface area contributed by atoms with Crippen LogP contribution in [0.2, 0.25) is 5.02 Å². The van der Waals surface area contributed by atoms with Crippen LogP contribution in [0.4, 0.5) is 10.1 Å². The Balaban J connectivity index is 1.91. The van der Waals surface area contributed by atoms with Gasteiger partial charge in [0.25, 0.3) is 11.8 Å². The van der Waals surface area contributed by atoms with Gasteiger partial charge >= 0.3 is 5.97 Å². The fourth-order valence-corrected chi connectivity index (χ4v) is 2.44. The minimum Gasteiger partial charge on any atom is -0.451 e. The number of nitrogens with one attached hydrogen (secondary N) is 2. The third kappa shape index (κ3) is 5.79. The Kier molecular flexibility index (Phi) is 7.12. The molecule has 2 N–H and O–H groups in total. The van der Waals surface area contributed by atoms with Crippen molar-refractivity contribution in [1.29, 1.82) is 0 Å². The van der Waals surface area contributed by atoms with E-state index in [1.54, 1.807) is 18.2 Å². The van der Waals surface area contributed by atoms with E-state index in [-0.39, 0.29) is 10.7 Å². The molecule has 0 unspecified atom stereocenters. The van der Waals surface area contributed by atoms with Crippen LogP contribution >= 0.6 is 11.6 Å². The van der Waals surface area contributed by atoms with E-state index in [0.29, 0.717) is 5.56 Å². The maximum atomic E-state index is 13.7. The number of ether oxygens (including phenoxy) is 1. The molecule has 0 saturated carbocycles. The molecule has 0 aliphatic rings. The normalized spacial score (nSPS) is 12.6. The highest BCUT2D eigenvalue weighted by Crippen LogP contribution is 2.19. The van der Waals surface area contributed by atoms with Crippen LogP contribution in [-0.4, -0.2) is 29.9 Å². The number of aryl methyl sites for hydroxylation is 1. The number of benzene rings is 2. The number of hydrogen-bond donors (Lipinski definition) is 2. The Morgan fingerprint density at radius 2 is 1.82 bits per heavy atom. The van der Waals surface area contributed by atoms with Crippen molar-refractivity contribution in [2.24, 2.45) is 0 Å². The SMILES string of the molecule is Cc1cccc(C(=O)N[C@@H](C)C(=O)O[C@H](C)C(=O)Nc2ccc(Cl)cc2F)c1. The number of anilines is 1. The molecule has 0 aliphatic heterocycles. The molecular weight excluding hydrogens is 387 g/mol. The van der Waals surface area contributed by atoms with E-state index in [2.05, 4.69) is 10.6 Å². The summed E-state index contributed by atoms with van der Waals surface area (Å²) in [6.45, 7) is 4.63. The van der Waals surface area contributed by atoms with Crippen molar-refractivity contribution in [3.8, 4) is 0 Å². The van der Waals surface area contributed by atoms with E-state index in [1.165, 1.54) is 26.0 Å². The molecular formula is C20H20ClFN2O4. The van der Waals surface area contributed by atoms with Crippen molar-refractivity contribution in [2.45, 2.75) is 32.9 Å². The van der Waals surface area contributed by atoms with Crippen molar-refractivity contribution in [1.82, 2.24) is 5.32 Å². The predicted molar refractivity (Wildman–Crippen MR) is 104 cm³/mol. The second-order valence-electron chi connectivity index (χ2n) is 6.26. The lowest BCUT2D eigenvalue weighted by Gasteiger charge is -2.18. The molecule has 0 bridgehead atoms. The first-order valence-corrected chi connectivity index (χ1v) is 8.89. The highest BCUT2D eigenvalue weighted by atomic mass is 35.5. The number of carbonyl (C=O) groups excluding carboxylic acids is 3. The van der Waals surface area contributed by atoms with Gasteiger partial charge in [-0.2, -0.15) is 0 Å². The van der Waals surface area contributed by atoms with Crippen LogP contribution in [0.5, 0.6) is 0 Å². The van der Waals surface area contributed by atoms with Crippen LogP contribution in [0.1, 0.15) is 29.8 Å². The zero-order valence-electron chi connectivity index (χ0n) is 15.6. The van der Waals surface area contributed by atoms with Gasteiger partial charge in [0.1, 0.15) is 11.9 Å². The first-order valence-electron chi connectivity index (χ1n) is 8.51. The fraction of sp³-hybridized carbons (Fsp3) is 0.250. The van der Waals surface area contributed by atoms with E-state index in [1.807, 2.05) is 13.0 Å². The van der Waals surface area contributed by atoms with Gasteiger partial charge in [0.15, 0.2) is 6.10 Å². The molecule has 2 aromatic carbocycles. The van der Waals surface area contributed by atoms with Crippen molar-refractivity contribution in [2.75, 3.05) is 5.32 Å². The van der Waals surface area contributed by atoms with E-state index in [9.17, 15) is 18.8 Å². The number of amides is 2. The van der Waals surface area contributed by atoms with Crippen molar-refractivity contribution >= 4 is 35.1 Å². The summed E-state index contributed by atoms with van der Waals surface area (Å²) in [5, 5.41) is 5.02. The summed E-state index contributed by atoms with van der Waals surface area (Å²) < 4.78 is 18.8. The third-order valence-corrected chi connectivity index (χ3v) is 4.07. The summed E-state index contributed by atoms with van der Waals surface area (Å²) in [7, 11) is 0. The Morgan fingerprint density at radius 1 is 1.11 bits per heavy atom. The minimum atomic E-state index is -1.19. The summed E-state index contributed by atoms with van der Waals surface area (Å²) in [6, 6.07) is 9.68. The van der Waals surface area contributed by atoms with Gasteiger partial charge in [-0.3, -0.25) is 9.59 Å². The van der Waals surface area contributed by atoms with Gasteiger partial charge in [-0.15, -0.1) is 0 Å². The Morgan fingerprint density at radius 3 is 2.46 bits per heavy atom. The molecule has 148 valence electrons. The average molecular weight is 407 g/mol. The van der Waals surface area contributed by atoms with Gasteiger partial charge in [0, 0.05) is 10.6 Å². The lowest BCUT2D eigenvalue weighted by Crippen LogP contribution is -2.42. The summed E-state index contributed by atoms with van der Waals surface area (Å²) >= 11 is 5.66. The molecule has 0 aromatic heterocycles. The molecule has 8 heteroatoms. The Bertz CT molecular complexity index is 904. The maximum Gasteiger partial charge on any atom is 0.329 e. The molecule has 0 radical (unpaired) electrons. The van der Waals surface area contributed by atoms with Crippen molar-refractivity contribution in [3.05, 3.63) is 64.4 Å². The topological polar surface area (TPSA) is 84.5 Å². The van der Waals surface area contributed by atoms with Crippen LogP contribution in [0.25, 0.3) is 0 Å². The number of halogens is 2. The lowest BCUT2D eigenvalue weighted by molar-refractivity contribution is -0.154. The van der Waals surface area contributed by atoms with Gasteiger partial charge < -0.3 is 15.4 Å². The lowest BCUT2D eigenvalue weighted by atomic mass is 10.1. The third-order valence-electron chi connectivity index (χ3n) is 3.83. The monoisotopic (exact) mass is 406 g/mol. The van der Waals surface area contributed by atoms with Crippen LogP contribution < -0.4 is 10.6 Å². The van der Waals surface area contributed by atoms with E-state index in [0.717, 1.165) is 11.6 Å². The number of esters is 1. The first-order chi connectivity index (χ1) is 13.2. The van der Waals surface area contributed by atoms with Crippen LogP contribution in [-0.2, 0) is 14.3 Å². The number of hydrogen-bond acceptors (Lipinski definition) is 4. The smallest absolute Gasteiger partial charge is 0.329 e. The number of carbonyl (C=O) groups is 3. The quantitative estimate of drug-likeness (QED) is 0.719. The van der Waals surface area contributed by atoms with Crippen LogP contribution in [0.15, 0.2) is 42.5 Å². The minimum absolute atomic E-state index is 0.0851. The second-order valence-corrected chi connectivity index (χ2v) is 6.69. The molecule has 28 heavy (non-hydrogen) atoms. The van der Waals surface area contributed by atoms with Crippen molar-refractivity contribution < 1.29 is 23.5 Å². The van der Waals surface area contributed by atoms with Gasteiger partial charge in [-0.25, -0.2) is 9.18 Å². The molecule has 0 heterocycles. The molecule has 0 saturated heterocycles. The van der Waals surface area contributed by atoms with E-state index < -0.39 is 35.7 Å². The largest absolute Gasteiger partial charge is 0.451 e. The average Bonchev–Trinajstić information content (AvgIpc) is 2.63. The van der Waals surface area contributed by atoms with E-state index >= 15 is 0 Å². The van der Waals surface area contributed by atoms with Gasteiger partial charge in [-0.05, 0) is 51.1 Å². The molecule has 0 spiro atoms. The summed E-state index contributed by atoms with van der Waals surface area (Å²) in [6.07, 6.45) is -1.19. The molecule has 0 fully saturated rings. The van der Waals surface area contributed by atoms with Crippen molar-refractivity contribution in [3.63, 3.8) is 0 Å². The highest BCUT2D eigenvalue weighted by molar-refractivity contribution is 6.30. The summed E-state index contributed by atoms with van der Waals surface area (Å²) in [5.41, 5.74) is 1.23. The predicted octanol–water partition coefficient (Wildman–Crippen LogP) is 3.48. The van der Waals surface area contributed by atoms with E-state index in [4.69, 9.17) is 16.3 Å². The molecule has 2 amide bonds. The maximum absolute atomic E-state index is 13.7. The molecule has 6 nitrogen and oxygen atoms in total. The molecule has 2 rings (SSSR count). The zero-order chi connectivity index (χ0) is 20.8. The zero-order valence-corrected chi connectivity index (χ0v) is 16.3. The number of rotatable bonds is 6. The summed E-state index contributed by atoms with van der Waals surface area (Å²) in [5.74, 6) is -2.65. The van der Waals surface area contributed by atoms with Gasteiger partial charge in [0.2, 0.25) is 0 Å². The molecule has 2 atom stereocenters. The fourth-order valence-electron chi connectivity index (χ4n) is 2.28.